The third kappa shape index (κ3) is 2.62. The third-order valence-corrected chi connectivity index (χ3v) is 2.59. The van der Waals surface area contributed by atoms with Crippen LogP contribution in [0, 0.1) is 0 Å². The van der Waals surface area contributed by atoms with Crippen LogP contribution in [-0.2, 0) is 16.1 Å². The number of aromatic carboxylic acids is 1. The largest absolute Gasteiger partial charge is 0.478 e. The van der Waals surface area contributed by atoms with Crippen LogP contribution in [0.15, 0.2) is 16.7 Å². The maximum Gasteiger partial charge on any atom is 0.339 e. The molecule has 0 spiro atoms. The fourth-order valence-corrected chi connectivity index (χ4v) is 1.68. The molecule has 0 aromatic carbocycles. The Morgan fingerprint density at radius 1 is 1.50 bits per heavy atom. The van der Waals surface area contributed by atoms with E-state index < -0.39 is 5.97 Å². The van der Waals surface area contributed by atoms with Gasteiger partial charge in [-0.1, -0.05) is 0 Å². The Morgan fingerprint density at radius 2 is 2.25 bits per heavy atom. The number of furan rings is 1. The van der Waals surface area contributed by atoms with Crippen LogP contribution in [0.4, 0.5) is 0 Å². The van der Waals surface area contributed by atoms with Crippen LogP contribution in [-0.4, -0.2) is 30.4 Å². The lowest BCUT2D eigenvalue weighted by molar-refractivity contribution is -0.0436. The average Bonchev–Trinajstić information content (AvgIpc) is 2.76. The smallest absolute Gasteiger partial charge is 0.339 e. The molecule has 1 fully saturated rings. The molecule has 0 amide bonds. The maximum absolute atomic E-state index is 10.8. The first-order chi connectivity index (χ1) is 7.77. The molecule has 1 aliphatic rings. The van der Waals surface area contributed by atoms with E-state index in [1.165, 1.54) is 12.3 Å². The van der Waals surface area contributed by atoms with Gasteiger partial charge in [-0.25, -0.2) is 4.79 Å². The van der Waals surface area contributed by atoms with Gasteiger partial charge in [0.2, 0.25) is 0 Å². The van der Waals surface area contributed by atoms with Crippen molar-refractivity contribution in [1.82, 2.24) is 0 Å². The second-order valence-corrected chi connectivity index (χ2v) is 3.69. The lowest BCUT2D eigenvalue weighted by atomic mass is 10.1. The quantitative estimate of drug-likeness (QED) is 0.845. The molecule has 0 atom stereocenters. The highest BCUT2D eigenvalue weighted by Crippen LogP contribution is 2.16. The molecule has 16 heavy (non-hydrogen) atoms. The van der Waals surface area contributed by atoms with Gasteiger partial charge in [0.15, 0.2) is 0 Å². The maximum atomic E-state index is 10.8. The molecule has 1 saturated heterocycles. The van der Waals surface area contributed by atoms with Crippen LogP contribution in [0.5, 0.6) is 0 Å². The van der Waals surface area contributed by atoms with E-state index >= 15 is 0 Å². The standard InChI is InChI=1S/C11H14O5/c12-11(13)9-3-6-15-10(9)7-16-8-1-4-14-5-2-8/h3,6,8H,1-2,4-5,7H2,(H,12,13). The molecule has 5 heteroatoms. The minimum atomic E-state index is -0.987. The highest BCUT2D eigenvalue weighted by Gasteiger charge is 2.18. The predicted molar refractivity (Wildman–Crippen MR) is 54.3 cm³/mol. The molecule has 1 N–H and O–H groups in total. The summed E-state index contributed by atoms with van der Waals surface area (Å²) in [6.07, 6.45) is 3.21. The molecular weight excluding hydrogens is 212 g/mol. The number of carbonyl (C=O) groups is 1. The summed E-state index contributed by atoms with van der Waals surface area (Å²) in [5.74, 6) is -0.613. The first-order valence-electron chi connectivity index (χ1n) is 5.26. The molecule has 1 aliphatic heterocycles. The SMILES string of the molecule is O=C(O)c1ccoc1COC1CCOCC1. The van der Waals surface area contributed by atoms with E-state index in [0.717, 1.165) is 12.8 Å². The number of ether oxygens (including phenoxy) is 2. The van der Waals surface area contributed by atoms with Crippen molar-refractivity contribution in [2.45, 2.75) is 25.6 Å². The molecule has 1 aromatic rings. The normalized spacial score (nSPS) is 17.5. The topological polar surface area (TPSA) is 68.9 Å². The van der Waals surface area contributed by atoms with Crippen LogP contribution >= 0.6 is 0 Å². The number of carboxylic acid groups (broad SMARTS) is 1. The van der Waals surface area contributed by atoms with Crippen LogP contribution in [0.25, 0.3) is 0 Å². The van der Waals surface area contributed by atoms with Gasteiger partial charge in [-0.2, -0.15) is 0 Å². The predicted octanol–water partition coefficient (Wildman–Crippen LogP) is 1.67. The number of hydrogen-bond donors (Lipinski definition) is 1. The summed E-state index contributed by atoms with van der Waals surface area (Å²) in [5, 5.41) is 8.86. The van der Waals surface area contributed by atoms with Crippen molar-refractivity contribution >= 4 is 5.97 Å². The van der Waals surface area contributed by atoms with Crippen molar-refractivity contribution in [1.29, 1.82) is 0 Å². The molecule has 0 aliphatic carbocycles. The lowest BCUT2D eigenvalue weighted by Crippen LogP contribution is -2.23. The summed E-state index contributed by atoms with van der Waals surface area (Å²) in [6.45, 7) is 1.61. The van der Waals surface area contributed by atoms with Crippen LogP contribution < -0.4 is 0 Å². The third-order valence-electron chi connectivity index (χ3n) is 2.59. The zero-order chi connectivity index (χ0) is 11.4. The molecule has 0 saturated carbocycles. The van der Waals surface area contributed by atoms with Gasteiger partial charge in [0.05, 0.1) is 12.4 Å². The van der Waals surface area contributed by atoms with Crippen LogP contribution in [0.3, 0.4) is 0 Å². The second-order valence-electron chi connectivity index (χ2n) is 3.69. The van der Waals surface area contributed by atoms with E-state index in [9.17, 15) is 4.79 Å². The van der Waals surface area contributed by atoms with Gasteiger partial charge in [-0.05, 0) is 18.9 Å². The molecule has 88 valence electrons. The van der Waals surface area contributed by atoms with Gasteiger partial charge in [-0.3, -0.25) is 0 Å². The van der Waals surface area contributed by atoms with Gasteiger partial charge in [-0.15, -0.1) is 0 Å². The van der Waals surface area contributed by atoms with E-state index in [2.05, 4.69) is 0 Å². The zero-order valence-electron chi connectivity index (χ0n) is 8.85. The molecule has 2 rings (SSSR count). The van der Waals surface area contributed by atoms with Gasteiger partial charge >= 0.3 is 5.97 Å². The lowest BCUT2D eigenvalue weighted by Gasteiger charge is -2.21. The molecular formula is C11H14O5. The van der Waals surface area contributed by atoms with Crippen molar-refractivity contribution in [3.63, 3.8) is 0 Å². The van der Waals surface area contributed by atoms with Gasteiger partial charge in [0, 0.05) is 13.2 Å². The van der Waals surface area contributed by atoms with Crippen LogP contribution in [0.1, 0.15) is 29.0 Å². The summed E-state index contributed by atoms with van der Waals surface area (Å²) in [5.41, 5.74) is 0.173. The number of hydrogen-bond acceptors (Lipinski definition) is 4. The summed E-state index contributed by atoms with van der Waals surface area (Å²) in [7, 11) is 0. The Hall–Kier alpha value is -1.33. The monoisotopic (exact) mass is 226 g/mol. The highest BCUT2D eigenvalue weighted by molar-refractivity contribution is 5.88. The first kappa shape index (κ1) is 11.2. The zero-order valence-corrected chi connectivity index (χ0v) is 8.85. The summed E-state index contributed by atoms with van der Waals surface area (Å²) < 4.78 is 15.9. The van der Waals surface area contributed by atoms with Gasteiger partial charge < -0.3 is 19.0 Å². The highest BCUT2D eigenvalue weighted by atomic mass is 16.5. The van der Waals surface area contributed by atoms with E-state index in [1.807, 2.05) is 0 Å². The molecule has 0 bridgehead atoms. The Bertz CT molecular complexity index is 351. The second kappa shape index (κ2) is 5.14. The fraction of sp³-hybridized carbons (Fsp3) is 0.545. The van der Waals surface area contributed by atoms with E-state index in [-0.39, 0.29) is 18.3 Å². The summed E-state index contributed by atoms with van der Waals surface area (Å²) in [6, 6.07) is 1.44. The molecule has 1 aromatic heterocycles. The van der Waals surface area contributed by atoms with Crippen molar-refractivity contribution in [2.24, 2.45) is 0 Å². The van der Waals surface area contributed by atoms with E-state index in [4.69, 9.17) is 19.0 Å². The summed E-state index contributed by atoms with van der Waals surface area (Å²) in [4.78, 5) is 10.8. The molecule has 0 radical (unpaired) electrons. The minimum Gasteiger partial charge on any atom is -0.478 e. The van der Waals surface area contributed by atoms with Crippen molar-refractivity contribution < 1.29 is 23.8 Å². The Labute approximate surface area is 93.0 Å². The number of rotatable bonds is 4. The summed E-state index contributed by atoms with van der Waals surface area (Å²) >= 11 is 0. The Balaban J connectivity index is 1.88. The van der Waals surface area contributed by atoms with E-state index in [1.54, 1.807) is 0 Å². The van der Waals surface area contributed by atoms with E-state index in [0.29, 0.717) is 19.0 Å². The Kier molecular flexibility index (Phi) is 3.58. The molecule has 5 nitrogen and oxygen atoms in total. The van der Waals surface area contributed by atoms with Gasteiger partial charge in [0.25, 0.3) is 0 Å². The van der Waals surface area contributed by atoms with Crippen LogP contribution in [0.2, 0.25) is 0 Å². The van der Waals surface area contributed by atoms with Crippen molar-refractivity contribution in [3.8, 4) is 0 Å². The minimum absolute atomic E-state index is 0.139. The fourth-order valence-electron chi connectivity index (χ4n) is 1.68. The molecule has 0 unspecified atom stereocenters. The molecule has 2 heterocycles. The van der Waals surface area contributed by atoms with Crippen molar-refractivity contribution in [3.05, 3.63) is 23.7 Å². The average molecular weight is 226 g/mol. The first-order valence-corrected chi connectivity index (χ1v) is 5.26. The van der Waals surface area contributed by atoms with Crippen molar-refractivity contribution in [2.75, 3.05) is 13.2 Å². The Morgan fingerprint density at radius 3 is 2.94 bits per heavy atom. The number of carboxylic acids is 1. The van der Waals surface area contributed by atoms with Gasteiger partial charge in [0.1, 0.15) is 17.9 Å².